The molecule has 110 valence electrons. The number of benzene rings is 1. The van der Waals surface area contributed by atoms with Crippen molar-refractivity contribution in [3.05, 3.63) is 59.9 Å². The first-order valence-electron chi connectivity index (χ1n) is 6.91. The van der Waals surface area contributed by atoms with Crippen LogP contribution in [0.1, 0.15) is 18.2 Å². The Hall–Kier alpha value is -2.40. The van der Waals surface area contributed by atoms with Gasteiger partial charge in [0.1, 0.15) is 6.61 Å². The molecule has 1 amide bonds. The van der Waals surface area contributed by atoms with Gasteiger partial charge in [0.25, 0.3) is 0 Å². The number of hydrogen-bond acceptors (Lipinski definition) is 4. The fourth-order valence-electron chi connectivity index (χ4n) is 1.73. The molecule has 0 aliphatic carbocycles. The smallest absolute Gasteiger partial charge is 0.412 e. The lowest BCUT2D eigenvalue weighted by Crippen LogP contribution is -2.15. The van der Waals surface area contributed by atoms with E-state index < -0.39 is 6.09 Å². The van der Waals surface area contributed by atoms with E-state index in [0.717, 1.165) is 24.3 Å². The quantitative estimate of drug-likeness (QED) is 0.856. The maximum atomic E-state index is 11.7. The second-order valence-electron chi connectivity index (χ2n) is 4.51. The molecular formula is C16H19N3O2. The van der Waals surface area contributed by atoms with Gasteiger partial charge in [0.15, 0.2) is 0 Å². The highest BCUT2D eigenvalue weighted by Crippen LogP contribution is 2.08. The molecule has 0 radical (unpaired) electrons. The van der Waals surface area contributed by atoms with Gasteiger partial charge in [0, 0.05) is 6.54 Å². The van der Waals surface area contributed by atoms with E-state index in [-0.39, 0.29) is 6.61 Å². The van der Waals surface area contributed by atoms with Gasteiger partial charge in [-0.25, -0.2) is 4.79 Å². The van der Waals surface area contributed by atoms with E-state index in [0.29, 0.717) is 5.69 Å². The van der Waals surface area contributed by atoms with Crippen LogP contribution in [-0.4, -0.2) is 17.6 Å². The largest absolute Gasteiger partial charge is 0.444 e. The van der Waals surface area contributed by atoms with Gasteiger partial charge in [-0.1, -0.05) is 37.3 Å². The summed E-state index contributed by atoms with van der Waals surface area (Å²) in [4.78, 5) is 15.9. The van der Waals surface area contributed by atoms with Crippen molar-refractivity contribution in [2.75, 3.05) is 11.9 Å². The fraction of sp³-hybridized carbons (Fsp3) is 0.250. The lowest BCUT2D eigenvalue weighted by atomic mass is 10.2. The molecule has 5 heteroatoms. The van der Waals surface area contributed by atoms with Crippen molar-refractivity contribution in [1.82, 2.24) is 10.3 Å². The molecule has 0 aliphatic heterocycles. The average Bonchev–Trinajstić information content (AvgIpc) is 2.53. The third-order valence-electron chi connectivity index (χ3n) is 2.84. The number of hydrogen-bond donors (Lipinski definition) is 2. The van der Waals surface area contributed by atoms with Gasteiger partial charge in [-0.3, -0.25) is 10.3 Å². The van der Waals surface area contributed by atoms with E-state index in [1.54, 1.807) is 6.20 Å². The Kier molecular flexibility index (Phi) is 5.72. The molecule has 1 heterocycles. The number of ether oxygens (including phenoxy) is 1. The molecule has 0 saturated carbocycles. The van der Waals surface area contributed by atoms with Crippen molar-refractivity contribution in [1.29, 1.82) is 0 Å². The van der Waals surface area contributed by atoms with Gasteiger partial charge in [-0.2, -0.15) is 0 Å². The Labute approximate surface area is 124 Å². The highest BCUT2D eigenvalue weighted by molar-refractivity contribution is 5.84. The Balaban J connectivity index is 1.79. The number of pyridine rings is 1. The number of carbonyl (C=O) groups excluding carboxylic acids is 1. The van der Waals surface area contributed by atoms with Crippen LogP contribution in [0.4, 0.5) is 10.5 Å². The summed E-state index contributed by atoms with van der Waals surface area (Å²) in [6, 6.07) is 13.2. The zero-order chi connectivity index (χ0) is 14.9. The number of nitrogens with zero attached hydrogens (tertiary/aromatic N) is 1. The number of amides is 1. The zero-order valence-corrected chi connectivity index (χ0v) is 12.0. The van der Waals surface area contributed by atoms with Crippen molar-refractivity contribution in [2.24, 2.45) is 0 Å². The van der Waals surface area contributed by atoms with Gasteiger partial charge in [-0.15, -0.1) is 0 Å². The maximum Gasteiger partial charge on any atom is 0.412 e. The second kappa shape index (κ2) is 8.01. The standard InChI is InChI=1S/C16H19N3O2/c1-2-17-10-14-8-9-15(11-18-14)19-16(20)21-12-13-6-4-3-5-7-13/h3-9,11,17H,2,10,12H2,1H3,(H,19,20). The van der Waals surface area contributed by atoms with Crippen LogP contribution in [0.25, 0.3) is 0 Å². The highest BCUT2D eigenvalue weighted by atomic mass is 16.5. The molecule has 0 unspecified atom stereocenters. The predicted octanol–water partition coefficient (Wildman–Crippen LogP) is 2.94. The summed E-state index contributed by atoms with van der Waals surface area (Å²) < 4.78 is 5.14. The number of carbonyl (C=O) groups is 1. The van der Waals surface area contributed by atoms with Gasteiger partial charge in [0.2, 0.25) is 0 Å². The molecule has 0 aliphatic rings. The van der Waals surface area contributed by atoms with E-state index in [1.165, 1.54) is 0 Å². The summed E-state index contributed by atoms with van der Waals surface area (Å²) in [6.45, 7) is 3.90. The van der Waals surface area contributed by atoms with E-state index in [9.17, 15) is 4.79 Å². The minimum atomic E-state index is -0.486. The van der Waals surface area contributed by atoms with E-state index in [2.05, 4.69) is 15.6 Å². The summed E-state index contributed by atoms with van der Waals surface area (Å²) in [7, 11) is 0. The average molecular weight is 285 g/mol. The number of nitrogens with one attached hydrogen (secondary N) is 2. The normalized spacial score (nSPS) is 10.1. The molecule has 1 aromatic carbocycles. The summed E-state index contributed by atoms with van der Waals surface area (Å²) in [5, 5.41) is 5.84. The van der Waals surface area contributed by atoms with Crippen molar-refractivity contribution in [3.63, 3.8) is 0 Å². The molecule has 0 saturated heterocycles. The maximum absolute atomic E-state index is 11.7. The molecule has 0 fully saturated rings. The molecule has 0 bridgehead atoms. The first-order chi connectivity index (χ1) is 10.3. The highest BCUT2D eigenvalue weighted by Gasteiger charge is 2.04. The summed E-state index contributed by atoms with van der Waals surface area (Å²) >= 11 is 0. The summed E-state index contributed by atoms with van der Waals surface area (Å²) in [6.07, 6.45) is 1.14. The number of rotatable bonds is 6. The molecule has 5 nitrogen and oxygen atoms in total. The molecular weight excluding hydrogens is 266 g/mol. The number of anilines is 1. The molecule has 0 atom stereocenters. The van der Waals surface area contributed by atoms with E-state index in [1.807, 2.05) is 49.4 Å². The van der Waals surface area contributed by atoms with Crippen LogP contribution in [0, 0.1) is 0 Å². The Bertz CT molecular complexity index is 555. The van der Waals surface area contributed by atoms with Gasteiger partial charge in [-0.05, 0) is 24.2 Å². The third-order valence-corrected chi connectivity index (χ3v) is 2.84. The first-order valence-corrected chi connectivity index (χ1v) is 6.91. The van der Waals surface area contributed by atoms with E-state index >= 15 is 0 Å². The molecule has 2 N–H and O–H groups in total. The predicted molar refractivity (Wildman–Crippen MR) is 81.9 cm³/mol. The van der Waals surface area contributed by atoms with Crippen molar-refractivity contribution < 1.29 is 9.53 Å². The lowest BCUT2D eigenvalue weighted by molar-refractivity contribution is 0.155. The van der Waals surface area contributed by atoms with Crippen LogP contribution in [-0.2, 0) is 17.9 Å². The van der Waals surface area contributed by atoms with Crippen LogP contribution in [0.2, 0.25) is 0 Å². The minimum Gasteiger partial charge on any atom is -0.444 e. The van der Waals surface area contributed by atoms with Crippen LogP contribution >= 0.6 is 0 Å². The molecule has 1 aromatic heterocycles. The lowest BCUT2D eigenvalue weighted by Gasteiger charge is -2.07. The third kappa shape index (κ3) is 5.24. The molecule has 0 spiro atoms. The second-order valence-corrected chi connectivity index (χ2v) is 4.51. The Morgan fingerprint density at radius 1 is 1.19 bits per heavy atom. The molecule has 2 aromatic rings. The van der Waals surface area contributed by atoms with Gasteiger partial charge >= 0.3 is 6.09 Å². The first kappa shape index (κ1) is 15.0. The van der Waals surface area contributed by atoms with E-state index in [4.69, 9.17) is 4.74 Å². The molecule has 2 rings (SSSR count). The van der Waals surface area contributed by atoms with Crippen LogP contribution in [0.5, 0.6) is 0 Å². The van der Waals surface area contributed by atoms with Crippen molar-refractivity contribution in [2.45, 2.75) is 20.1 Å². The van der Waals surface area contributed by atoms with Crippen LogP contribution in [0.15, 0.2) is 48.7 Å². The van der Waals surface area contributed by atoms with Crippen molar-refractivity contribution in [3.8, 4) is 0 Å². The number of aromatic nitrogens is 1. The Morgan fingerprint density at radius 3 is 2.67 bits per heavy atom. The van der Waals surface area contributed by atoms with Gasteiger partial charge in [0.05, 0.1) is 17.6 Å². The minimum absolute atomic E-state index is 0.249. The zero-order valence-electron chi connectivity index (χ0n) is 12.0. The fourth-order valence-corrected chi connectivity index (χ4v) is 1.73. The summed E-state index contributed by atoms with van der Waals surface area (Å²) in [5.74, 6) is 0. The molecule has 21 heavy (non-hydrogen) atoms. The van der Waals surface area contributed by atoms with Crippen LogP contribution < -0.4 is 10.6 Å². The van der Waals surface area contributed by atoms with Gasteiger partial charge < -0.3 is 10.1 Å². The topological polar surface area (TPSA) is 63.2 Å². The Morgan fingerprint density at radius 2 is 2.00 bits per heavy atom. The SMILES string of the molecule is CCNCc1ccc(NC(=O)OCc2ccccc2)cn1. The van der Waals surface area contributed by atoms with Crippen molar-refractivity contribution >= 4 is 11.8 Å². The monoisotopic (exact) mass is 285 g/mol. The summed E-state index contributed by atoms with van der Waals surface area (Å²) in [5.41, 5.74) is 2.50. The van der Waals surface area contributed by atoms with Crippen LogP contribution in [0.3, 0.4) is 0 Å².